The van der Waals surface area contributed by atoms with Crippen LogP contribution in [0.3, 0.4) is 0 Å². The number of amides is 1. The number of carbonyl (C=O) groups excluding carboxylic acids is 1. The summed E-state index contributed by atoms with van der Waals surface area (Å²) in [5.74, 6) is 2.54. The summed E-state index contributed by atoms with van der Waals surface area (Å²) in [7, 11) is 1.35. The van der Waals surface area contributed by atoms with E-state index in [9.17, 15) is 14.9 Å². The first-order chi connectivity index (χ1) is 13.4. The second-order valence-electron chi connectivity index (χ2n) is 9.10. The Morgan fingerprint density at radius 1 is 1.36 bits per heavy atom. The average Bonchev–Trinajstić information content (AvgIpc) is 3.07. The third kappa shape index (κ3) is 3.49. The van der Waals surface area contributed by atoms with Crippen LogP contribution in [-0.2, 0) is 11.3 Å². The molecule has 5 rings (SSSR count). The van der Waals surface area contributed by atoms with Gasteiger partial charge >= 0.3 is 11.6 Å². The number of aryl methyl sites for hydroxylation is 1. The Kier molecular flexibility index (Phi) is 5.05. The minimum absolute atomic E-state index is 0.000264. The molecule has 1 heterocycles. The maximum atomic E-state index is 12.7. The van der Waals surface area contributed by atoms with Crippen molar-refractivity contribution in [1.29, 1.82) is 0 Å². The molecule has 0 saturated heterocycles. The van der Waals surface area contributed by atoms with Gasteiger partial charge in [-0.25, -0.2) is 0 Å². The lowest BCUT2D eigenvalue weighted by molar-refractivity contribution is -0.385. The molecule has 1 aromatic heterocycles. The molecule has 4 fully saturated rings. The molecule has 4 bridgehead atoms. The van der Waals surface area contributed by atoms with Gasteiger partial charge in [-0.15, -0.1) is 5.10 Å². The summed E-state index contributed by atoms with van der Waals surface area (Å²) in [5.41, 5.74) is 0.107. The summed E-state index contributed by atoms with van der Waals surface area (Å²) >= 11 is 0. The largest absolute Gasteiger partial charge is 0.475 e. The minimum atomic E-state index is -0.525. The van der Waals surface area contributed by atoms with Gasteiger partial charge in [0, 0.05) is 12.5 Å². The van der Waals surface area contributed by atoms with E-state index in [1.54, 1.807) is 0 Å². The Morgan fingerprint density at radius 3 is 2.43 bits per heavy atom. The van der Waals surface area contributed by atoms with Crippen molar-refractivity contribution in [3.63, 3.8) is 0 Å². The van der Waals surface area contributed by atoms with Crippen molar-refractivity contribution in [2.45, 2.75) is 70.9 Å². The molecule has 4 aliphatic carbocycles. The minimum Gasteiger partial charge on any atom is -0.475 e. The number of methoxy groups -OCH3 is 1. The first kappa shape index (κ1) is 19.2. The summed E-state index contributed by atoms with van der Waals surface area (Å²) in [4.78, 5) is 23.1. The number of nitrogens with one attached hydrogen (secondary N) is 1. The van der Waals surface area contributed by atoms with Crippen LogP contribution in [0.4, 0.5) is 5.69 Å². The number of ether oxygens (including phenoxy) is 1. The van der Waals surface area contributed by atoms with Crippen LogP contribution in [0.1, 0.15) is 58.3 Å². The van der Waals surface area contributed by atoms with E-state index in [1.807, 2.05) is 0 Å². The van der Waals surface area contributed by atoms with E-state index in [1.165, 1.54) is 56.5 Å². The van der Waals surface area contributed by atoms with Crippen molar-refractivity contribution in [2.24, 2.45) is 23.2 Å². The maximum Gasteiger partial charge on any atom is 0.350 e. The Morgan fingerprint density at radius 2 is 1.96 bits per heavy atom. The molecule has 4 aliphatic rings. The van der Waals surface area contributed by atoms with Crippen LogP contribution >= 0.6 is 0 Å². The topological polar surface area (TPSA) is 99.3 Å². The van der Waals surface area contributed by atoms with Crippen molar-refractivity contribution in [3.05, 3.63) is 16.3 Å². The van der Waals surface area contributed by atoms with Gasteiger partial charge in [0.25, 0.3) is 0 Å². The number of nitro groups is 1. The van der Waals surface area contributed by atoms with E-state index >= 15 is 0 Å². The van der Waals surface area contributed by atoms with Crippen molar-refractivity contribution in [1.82, 2.24) is 15.1 Å². The molecule has 0 aliphatic heterocycles. The van der Waals surface area contributed by atoms with Crippen molar-refractivity contribution in [3.8, 4) is 5.88 Å². The smallest absolute Gasteiger partial charge is 0.350 e. The van der Waals surface area contributed by atoms with Crippen molar-refractivity contribution < 1.29 is 14.5 Å². The lowest BCUT2D eigenvalue weighted by Gasteiger charge is -2.59. The van der Waals surface area contributed by atoms with Gasteiger partial charge in [0.2, 0.25) is 5.91 Å². The third-order valence-corrected chi connectivity index (χ3v) is 7.24. The Bertz CT molecular complexity index is 724. The zero-order valence-electron chi connectivity index (χ0n) is 16.7. The van der Waals surface area contributed by atoms with Gasteiger partial charge in [-0.1, -0.05) is 6.92 Å². The SMILES string of the molecule is CCC(NC(=O)CCn1cc([N+](=O)[O-])c(OC)n1)C12CC3CC(CC(C3)C1)C2. The molecule has 154 valence electrons. The van der Waals surface area contributed by atoms with Gasteiger partial charge in [0.05, 0.1) is 18.6 Å². The summed E-state index contributed by atoms with van der Waals surface area (Å²) in [6.45, 7) is 2.47. The molecule has 1 aromatic rings. The fourth-order valence-corrected chi connectivity index (χ4v) is 6.55. The number of hydrogen-bond donors (Lipinski definition) is 1. The van der Waals surface area contributed by atoms with Gasteiger partial charge in [-0.05, 0) is 68.1 Å². The van der Waals surface area contributed by atoms with Gasteiger partial charge < -0.3 is 10.1 Å². The highest BCUT2D eigenvalue weighted by Gasteiger charge is 2.53. The predicted molar refractivity (Wildman–Crippen MR) is 103 cm³/mol. The van der Waals surface area contributed by atoms with Crippen LogP contribution in [0.15, 0.2) is 6.20 Å². The Labute approximate surface area is 165 Å². The molecule has 8 heteroatoms. The highest BCUT2D eigenvalue weighted by atomic mass is 16.6. The second kappa shape index (κ2) is 7.37. The average molecular weight is 390 g/mol. The highest BCUT2D eigenvalue weighted by molar-refractivity contribution is 5.76. The van der Waals surface area contributed by atoms with E-state index in [4.69, 9.17) is 4.74 Å². The van der Waals surface area contributed by atoms with E-state index in [0.29, 0.717) is 6.54 Å². The maximum absolute atomic E-state index is 12.7. The first-order valence-electron chi connectivity index (χ1n) is 10.5. The predicted octanol–water partition coefficient (Wildman–Crippen LogP) is 3.30. The first-order valence-corrected chi connectivity index (χ1v) is 10.5. The molecule has 28 heavy (non-hydrogen) atoms. The molecule has 1 amide bonds. The van der Waals surface area contributed by atoms with Crippen LogP contribution in [0, 0.1) is 33.3 Å². The van der Waals surface area contributed by atoms with Crippen molar-refractivity contribution in [2.75, 3.05) is 7.11 Å². The molecular weight excluding hydrogens is 360 g/mol. The van der Waals surface area contributed by atoms with Crippen LogP contribution in [0.2, 0.25) is 0 Å². The monoisotopic (exact) mass is 390 g/mol. The molecule has 1 N–H and O–H groups in total. The van der Waals surface area contributed by atoms with Crippen LogP contribution in [0.5, 0.6) is 5.88 Å². The summed E-state index contributed by atoms with van der Waals surface area (Å²) in [6.07, 6.45) is 10.5. The fourth-order valence-electron chi connectivity index (χ4n) is 6.55. The Hall–Kier alpha value is -2.12. The number of carbonyl (C=O) groups is 1. The molecule has 1 unspecified atom stereocenters. The quantitative estimate of drug-likeness (QED) is 0.542. The third-order valence-electron chi connectivity index (χ3n) is 7.24. The zero-order valence-corrected chi connectivity index (χ0v) is 16.7. The van der Waals surface area contributed by atoms with Gasteiger partial charge in [0.1, 0.15) is 6.20 Å². The zero-order chi connectivity index (χ0) is 19.9. The molecule has 4 saturated carbocycles. The lowest BCUT2D eigenvalue weighted by atomic mass is 9.47. The van der Waals surface area contributed by atoms with E-state index in [0.717, 1.165) is 24.2 Å². The molecule has 1 atom stereocenters. The van der Waals surface area contributed by atoms with E-state index < -0.39 is 4.92 Å². The van der Waals surface area contributed by atoms with Crippen LogP contribution < -0.4 is 10.1 Å². The summed E-state index contributed by atoms with van der Waals surface area (Å²) in [6, 6.07) is 0.231. The Balaban J connectivity index is 1.37. The van der Waals surface area contributed by atoms with Gasteiger partial charge in [0.15, 0.2) is 0 Å². The molecular formula is C20H30N4O4. The normalized spacial score (nSPS) is 31.6. The van der Waals surface area contributed by atoms with E-state index in [2.05, 4.69) is 17.3 Å². The van der Waals surface area contributed by atoms with Crippen molar-refractivity contribution >= 4 is 11.6 Å². The second-order valence-corrected chi connectivity index (χ2v) is 9.10. The van der Waals surface area contributed by atoms with E-state index in [-0.39, 0.29) is 35.4 Å². The molecule has 8 nitrogen and oxygen atoms in total. The number of aromatic nitrogens is 2. The number of nitrogens with zero attached hydrogens (tertiary/aromatic N) is 3. The van der Waals surface area contributed by atoms with Crippen LogP contribution in [0.25, 0.3) is 0 Å². The fraction of sp³-hybridized carbons (Fsp3) is 0.800. The molecule has 0 spiro atoms. The standard InChI is InChI=1S/C20H30N4O4/c1-3-17(20-9-13-6-14(10-20)8-15(7-13)11-20)21-18(25)4-5-23-12-16(24(26)27)19(22-23)28-2/h12-15,17H,3-11H2,1-2H3,(H,21,25). The highest BCUT2D eigenvalue weighted by Crippen LogP contribution is 2.61. The van der Waals surface area contributed by atoms with Gasteiger partial charge in [-0.3, -0.25) is 19.6 Å². The number of rotatable bonds is 8. The van der Waals surface area contributed by atoms with Gasteiger partial charge in [-0.2, -0.15) is 0 Å². The lowest BCUT2D eigenvalue weighted by Crippen LogP contribution is -2.56. The molecule has 0 radical (unpaired) electrons. The summed E-state index contributed by atoms with van der Waals surface area (Å²) in [5, 5.41) is 18.4. The summed E-state index contributed by atoms with van der Waals surface area (Å²) < 4.78 is 6.36. The number of hydrogen-bond acceptors (Lipinski definition) is 5. The van der Waals surface area contributed by atoms with Crippen LogP contribution in [-0.4, -0.2) is 33.8 Å². The molecule has 0 aromatic carbocycles.